The number of nitrogens with one attached hydrogen (secondary N) is 1. The fourth-order valence-electron chi connectivity index (χ4n) is 2.01. The molecular formula is C13H16FNO2. The van der Waals surface area contributed by atoms with Crippen molar-refractivity contribution in [1.29, 1.82) is 0 Å². The second-order valence-electron chi connectivity index (χ2n) is 4.89. The fourth-order valence-corrected chi connectivity index (χ4v) is 2.01. The Morgan fingerprint density at radius 3 is 2.71 bits per heavy atom. The van der Waals surface area contributed by atoms with E-state index in [0.717, 1.165) is 18.4 Å². The number of carboxylic acids is 1. The third-order valence-corrected chi connectivity index (χ3v) is 3.35. The number of rotatable bonds is 4. The van der Waals surface area contributed by atoms with Crippen LogP contribution in [0.15, 0.2) is 18.2 Å². The molecule has 1 fully saturated rings. The lowest BCUT2D eigenvalue weighted by Gasteiger charge is -2.27. The first-order chi connectivity index (χ1) is 7.93. The van der Waals surface area contributed by atoms with Gasteiger partial charge in [0.2, 0.25) is 0 Å². The van der Waals surface area contributed by atoms with Crippen LogP contribution in [0, 0.1) is 18.7 Å². The lowest BCUT2D eigenvalue weighted by molar-refractivity contribution is -0.142. The maximum absolute atomic E-state index is 13.6. The van der Waals surface area contributed by atoms with Crippen LogP contribution in [0.1, 0.15) is 25.3 Å². The highest BCUT2D eigenvalue weighted by molar-refractivity contribution is 5.83. The van der Waals surface area contributed by atoms with Gasteiger partial charge in [-0.3, -0.25) is 0 Å². The Hall–Kier alpha value is -1.58. The van der Waals surface area contributed by atoms with Gasteiger partial charge in [0.05, 0.1) is 5.69 Å². The Balaban J connectivity index is 2.29. The molecule has 1 atom stereocenters. The Kier molecular flexibility index (Phi) is 2.81. The molecule has 17 heavy (non-hydrogen) atoms. The molecule has 0 spiro atoms. The molecule has 1 aromatic rings. The molecule has 0 saturated heterocycles. The number of benzene rings is 1. The van der Waals surface area contributed by atoms with Crippen LogP contribution in [0.3, 0.4) is 0 Å². The van der Waals surface area contributed by atoms with Crippen LogP contribution in [0.4, 0.5) is 10.1 Å². The molecule has 1 unspecified atom stereocenters. The summed E-state index contributed by atoms with van der Waals surface area (Å²) in [4.78, 5) is 11.3. The van der Waals surface area contributed by atoms with Crippen LogP contribution >= 0.6 is 0 Å². The van der Waals surface area contributed by atoms with E-state index < -0.39 is 17.3 Å². The van der Waals surface area contributed by atoms with Crippen molar-refractivity contribution in [2.75, 3.05) is 5.32 Å². The number of carbonyl (C=O) groups is 1. The van der Waals surface area contributed by atoms with Gasteiger partial charge in [-0.15, -0.1) is 0 Å². The van der Waals surface area contributed by atoms with E-state index in [0.29, 0.717) is 0 Å². The van der Waals surface area contributed by atoms with Crippen molar-refractivity contribution in [2.45, 2.75) is 32.2 Å². The lowest BCUT2D eigenvalue weighted by Crippen LogP contribution is -2.45. The molecule has 4 heteroatoms. The monoisotopic (exact) mass is 237 g/mol. The number of aryl methyl sites for hydroxylation is 1. The van der Waals surface area contributed by atoms with Crippen LogP contribution in [-0.4, -0.2) is 16.6 Å². The van der Waals surface area contributed by atoms with Crippen molar-refractivity contribution in [2.24, 2.45) is 5.92 Å². The number of anilines is 1. The van der Waals surface area contributed by atoms with Crippen LogP contribution in [0.25, 0.3) is 0 Å². The molecule has 1 aliphatic rings. The summed E-state index contributed by atoms with van der Waals surface area (Å²) in [5.41, 5.74) is 0.0912. The van der Waals surface area contributed by atoms with Crippen LogP contribution < -0.4 is 5.32 Å². The van der Waals surface area contributed by atoms with Gasteiger partial charge in [0.1, 0.15) is 11.4 Å². The lowest BCUT2D eigenvalue weighted by atomic mass is 9.95. The number of carboxylic acid groups (broad SMARTS) is 1. The third-order valence-electron chi connectivity index (χ3n) is 3.35. The Bertz CT molecular complexity index is 457. The van der Waals surface area contributed by atoms with Crippen molar-refractivity contribution in [3.8, 4) is 0 Å². The Morgan fingerprint density at radius 1 is 1.53 bits per heavy atom. The SMILES string of the molecule is Cc1ccc(F)c(NC(C)(C(=O)O)C2CC2)c1. The molecule has 2 N–H and O–H groups in total. The minimum atomic E-state index is -1.07. The van der Waals surface area contributed by atoms with Crippen LogP contribution in [-0.2, 0) is 4.79 Å². The van der Waals surface area contributed by atoms with Gasteiger partial charge >= 0.3 is 5.97 Å². The smallest absolute Gasteiger partial charge is 0.329 e. The molecule has 2 rings (SSSR count). The van der Waals surface area contributed by atoms with E-state index in [1.165, 1.54) is 6.07 Å². The molecule has 0 heterocycles. The highest BCUT2D eigenvalue weighted by atomic mass is 19.1. The highest BCUT2D eigenvalue weighted by Gasteiger charge is 2.47. The van der Waals surface area contributed by atoms with E-state index in [9.17, 15) is 14.3 Å². The zero-order chi connectivity index (χ0) is 12.6. The molecule has 1 saturated carbocycles. The van der Waals surface area contributed by atoms with E-state index in [1.807, 2.05) is 6.92 Å². The first kappa shape index (κ1) is 11.9. The second kappa shape index (κ2) is 4.02. The highest BCUT2D eigenvalue weighted by Crippen LogP contribution is 2.42. The van der Waals surface area contributed by atoms with E-state index in [4.69, 9.17) is 0 Å². The molecule has 0 aromatic heterocycles. The standard InChI is InChI=1S/C13H16FNO2/c1-8-3-6-10(14)11(7-8)15-13(2,12(16)17)9-4-5-9/h3,6-7,9,15H,4-5H2,1-2H3,(H,16,17). The molecular weight excluding hydrogens is 221 g/mol. The molecule has 92 valence electrons. The largest absolute Gasteiger partial charge is 0.480 e. The first-order valence-corrected chi connectivity index (χ1v) is 5.71. The maximum atomic E-state index is 13.6. The summed E-state index contributed by atoms with van der Waals surface area (Å²) in [6.07, 6.45) is 1.76. The number of hydrogen-bond donors (Lipinski definition) is 2. The van der Waals surface area contributed by atoms with Crippen molar-refractivity contribution < 1.29 is 14.3 Å². The molecule has 1 aliphatic carbocycles. The first-order valence-electron chi connectivity index (χ1n) is 5.71. The Morgan fingerprint density at radius 2 is 2.18 bits per heavy atom. The molecule has 0 amide bonds. The topological polar surface area (TPSA) is 49.3 Å². The van der Waals surface area contributed by atoms with E-state index in [-0.39, 0.29) is 11.6 Å². The van der Waals surface area contributed by atoms with E-state index >= 15 is 0 Å². The molecule has 0 aliphatic heterocycles. The zero-order valence-corrected chi connectivity index (χ0v) is 9.96. The summed E-state index contributed by atoms with van der Waals surface area (Å²) in [5.74, 6) is -1.26. The predicted octanol–water partition coefficient (Wildman–Crippen LogP) is 2.80. The minimum Gasteiger partial charge on any atom is -0.480 e. The van der Waals surface area contributed by atoms with Gasteiger partial charge in [-0.05, 0) is 50.3 Å². The summed E-state index contributed by atoms with van der Waals surface area (Å²) >= 11 is 0. The van der Waals surface area contributed by atoms with Crippen molar-refractivity contribution in [3.05, 3.63) is 29.6 Å². The zero-order valence-electron chi connectivity index (χ0n) is 9.96. The summed E-state index contributed by atoms with van der Waals surface area (Å²) in [7, 11) is 0. The van der Waals surface area contributed by atoms with Crippen LogP contribution in [0.5, 0.6) is 0 Å². The summed E-state index contributed by atoms with van der Waals surface area (Å²) in [6, 6.07) is 4.65. The molecule has 3 nitrogen and oxygen atoms in total. The van der Waals surface area contributed by atoms with Gasteiger partial charge in [0.25, 0.3) is 0 Å². The number of aliphatic carboxylic acids is 1. The van der Waals surface area contributed by atoms with Gasteiger partial charge in [-0.25, -0.2) is 9.18 Å². The van der Waals surface area contributed by atoms with Gasteiger partial charge in [-0.2, -0.15) is 0 Å². The maximum Gasteiger partial charge on any atom is 0.329 e. The van der Waals surface area contributed by atoms with Gasteiger partial charge in [0, 0.05) is 0 Å². The average molecular weight is 237 g/mol. The predicted molar refractivity (Wildman–Crippen MR) is 63.5 cm³/mol. The van der Waals surface area contributed by atoms with Crippen molar-refractivity contribution in [3.63, 3.8) is 0 Å². The third kappa shape index (κ3) is 2.25. The number of halogens is 1. The molecule has 0 bridgehead atoms. The summed E-state index contributed by atoms with van der Waals surface area (Å²) in [5, 5.41) is 12.1. The molecule has 0 radical (unpaired) electrons. The molecule has 1 aromatic carbocycles. The minimum absolute atomic E-state index is 0.0833. The Labute approximate surface area is 99.7 Å². The average Bonchev–Trinajstić information content (AvgIpc) is 3.06. The van der Waals surface area contributed by atoms with Crippen molar-refractivity contribution >= 4 is 11.7 Å². The van der Waals surface area contributed by atoms with Crippen molar-refractivity contribution in [1.82, 2.24) is 0 Å². The normalized spacial score (nSPS) is 18.5. The van der Waals surface area contributed by atoms with E-state index in [1.54, 1.807) is 19.1 Å². The quantitative estimate of drug-likeness (QED) is 0.846. The summed E-state index contributed by atoms with van der Waals surface area (Å²) in [6.45, 7) is 3.47. The summed E-state index contributed by atoms with van der Waals surface area (Å²) < 4.78 is 13.6. The van der Waals surface area contributed by atoms with Gasteiger partial charge < -0.3 is 10.4 Å². The number of hydrogen-bond acceptors (Lipinski definition) is 2. The second-order valence-corrected chi connectivity index (χ2v) is 4.89. The van der Waals surface area contributed by atoms with Crippen LogP contribution in [0.2, 0.25) is 0 Å². The van der Waals surface area contributed by atoms with Gasteiger partial charge in [-0.1, -0.05) is 6.07 Å². The fraction of sp³-hybridized carbons (Fsp3) is 0.462. The van der Waals surface area contributed by atoms with E-state index in [2.05, 4.69) is 5.32 Å². The van der Waals surface area contributed by atoms with Gasteiger partial charge in [0.15, 0.2) is 0 Å².